The van der Waals surface area contributed by atoms with Crippen molar-refractivity contribution in [2.24, 2.45) is 17.8 Å². The van der Waals surface area contributed by atoms with Crippen LogP contribution in [0.5, 0.6) is 0 Å². The van der Waals surface area contributed by atoms with Crippen molar-refractivity contribution < 1.29 is 0 Å². The number of rotatable bonds is 6. The fourth-order valence-corrected chi connectivity index (χ4v) is 4.19. The second-order valence-corrected chi connectivity index (χ2v) is 7.30. The Kier molecular flexibility index (Phi) is 4.28. The van der Waals surface area contributed by atoms with Gasteiger partial charge in [-0.25, -0.2) is 0 Å². The maximum atomic E-state index is 3.81. The zero-order chi connectivity index (χ0) is 13.2. The molecule has 1 aromatic carbocycles. The van der Waals surface area contributed by atoms with Gasteiger partial charge in [-0.15, -0.1) is 0 Å². The Labute approximate surface area is 125 Å². The molecule has 0 bridgehead atoms. The Morgan fingerprint density at radius 2 is 2.05 bits per heavy atom. The van der Waals surface area contributed by atoms with Crippen LogP contribution in [-0.2, 0) is 6.42 Å². The SMILES string of the molecule is CCCNC(Cc1cccc(Br)c1)C1CC2CC2C1. The molecule has 0 heterocycles. The smallest absolute Gasteiger partial charge is 0.0178 e. The van der Waals surface area contributed by atoms with Crippen LogP contribution in [0.25, 0.3) is 0 Å². The van der Waals surface area contributed by atoms with E-state index in [-0.39, 0.29) is 0 Å². The van der Waals surface area contributed by atoms with Crippen molar-refractivity contribution in [3.63, 3.8) is 0 Å². The minimum Gasteiger partial charge on any atom is -0.313 e. The molecule has 2 aliphatic carbocycles. The molecule has 0 spiro atoms. The van der Waals surface area contributed by atoms with Gasteiger partial charge in [0, 0.05) is 10.5 Å². The maximum Gasteiger partial charge on any atom is 0.0178 e. The van der Waals surface area contributed by atoms with E-state index in [2.05, 4.69) is 52.4 Å². The zero-order valence-electron chi connectivity index (χ0n) is 11.7. The summed E-state index contributed by atoms with van der Waals surface area (Å²) in [7, 11) is 0. The lowest BCUT2D eigenvalue weighted by atomic mass is 9.89. The Morgan fingerprint density at radius 3 is 2.74 bits per heavy atom. The van der Waals surface area contributed by atoms with E-state index in [1.165, 1.54) is 42.1 Å². The lowest BCUT2D eigenvalue weighted by Crippen LogP contribution is -2.38. The standard InChI is InChI=1S/C17H24BrN/c1-2-6-19-17(15-10-13-9-14(13)11-15)8-12-4-3-5-16(18)7-12/h3-5,7,13-15,17,19H,2,6,8-11H2,1H3. The van der Waals surface area contributed by atoms with Crippen molar-refractivity contribution in [2.75, 3.05) is 6.54 Å². The number of fused-ring (bicyclic) bond motifs is 1. The van der Waals surface area contributed by atoms with Gasteiger partial charge in [0.1, 0.15) is 0 Å². The minimum absolute atomic E-state index is 0.682. The summed E-state index contributed by atoms with van der Waals surface area (Å²) in [5.74, 6) is 3.08. The monoisotopic (exact) mass is 321 g/mol. The summed E-state index contributed by atoms with van der Waals surface area (Å²) in [4.78, 5) is 0. The third-order valence-electron chi connectivity index (χ3n) is 4.85. The van der Waals surface area contributed by atoms with E-state index in [1.54, 1.807) is 0 Å². The third-order valence-corrected chi connectivity index (χ3v) is 5.34. The Balaban J connectivity index is 1.64. The van der Waals surface area contributed by atoms with E-state index in [0.29, 0.717) is 6.04 Å². The van der Waals surface area contributed by atoms with Crippen LogP contribution in [0.15, 0.2) is 28.7 Å². The first-order valence-corrected chi connectivity index (χ1v) is 8.53. The number of hydrogen-bond donors (Lipinski definition) is 1. The first-order chi connectivity index (χ1) is 9.26. The number of nitrogens with one attached hydrogen (secondary N) is 1. The van der Waals surface area contributed by atoms with Crippen LogP contribution in [0.3, 0.4) is 0 Å². The summed E-state index contributed by atoms with van der Waals surface area (Å²) >= 11 is 3.58. The minimum atomic E-state index is 0.682. The van der Waals surface area contributed by atoms with E-state index in [9.17, 15) is 0 Å². The molecule has 2 fully saturated rings. The van der Waals surface area contributed by atoms with Crippen molar-refractivity contribution in [3.05, 3.63) is 34.3 Å². The third kappa shape index (κ3) is 3.41. The highest BCUT2D eigenvalue weighted by atomic mass is 79.9. The van der Waals surface area contributed by atoms with E-state index in [1.807, 2.05) is 0 Å². The average Bonchev–Trinajstić information content (AvgIpc) is 3.01. The predicted octanol–water partition coefficient (Wildman–Crippen LogP) is 4.41. The fourth-order valence-electron chi connectivity index (χ4n) is 3.74. The largest absolute Gasteiger partial charge is 0.313 e. The van der Waals surface area contributed by atoms with Gasteiger partial charge in [0.2, 0.25) is 0 Å². The topological polar surface area (TPSA) is 12.0 Å². The number of hydrogen-bond acceptors (Lipinski definition) is 1. The van der Waals surface area contributed by atoms with Gasteiger partial charge >= 0.3 is 0 Å². The average molecular weight is 322 g/mol. The van der Waals surface area contributed by atoms with Gasteiger partial charge in [-0.2, -0.15) is 0 Å². The van der Waals surface area contributed by atoms with Crippen molar-refractivity contribution in [3.8, 4) is 0 Å². The van der Waals surface area contributed by atoms with Crippen LogP contribution in [0.1, 0.15) is 38.2 Å². The Morgan fingerprint density at radius 1 is 1.26 bits per heavy atom. The first-order valence-electron chi connectivity index (χ1n) is 7.74. The van der Waals surface area contributed by atoms with Crippen LogP contribution in [0.4, 0.5) is 0 Å². The molecule has 19 heavy (non-hydrogen) atoms. The predicted molar refractivity (Wildman–Crippen MR) is 84.2 cm³/mol. The van der Waals surface area contributed by atoms with Gasteiger partial charge in [-0.3, -0.25) is 0 Å². The lowest BCUT2D eigenvalue weighted by Gasteiger charge is -2.26. The summed E-state index contributed by atoms with van der Waals surface area (Å²) in [6.45, 7) is 3.42. The molecule has 3 rings (SSSR count). The van der Waals surface area contributed by atoms with Gasteiger partial charge in [-0.05, 0) is 74.1 Å². The van der Waals surface area contributed by atoms with Crippen LogP contribution in [0.2, 0.25) is 0 Å². The highest BCUT2D eigenvalue weighted by molar-refractivity contribution is 9.10. The van der Waals surface area contributed by atoms with Crippen molar-refractivity contribution in [1.29, 1.82) is 0 Å². The summed E-state index contributed by atoms with van der Waals surface area (Å²) in [6, 6.07) is 9.49. The van der Waals surface area contributed by atoms with Gasteiger partial charge in [0.25, 0.3) is 0 Å². The molecule has 3 atom stereocenters. The van der Waals surface area contributed by atoms with Crippen LogP contribution in [0, 0.1) is 17.8 Å². The molecule has 0 saturated heterocycles. The molecule has 2 saturated carbocycles. The molecule has 2 heteroatoms. The van der Waals surface area contributed by atoms with Gasteiger partial charge in [0.05, 0.1) is 0 Å². The Hall–Kier alpha value is -0.340. The van der Waals surface area contributed by atoms with Gasteiger partial charge < -0.3 is 5.32 Å². The quantitative estimate of drug-likeness (QED) is 0.818. The molecule has 104 valence electrons. The van der Waals surface area contributed by atoms with Gasteiger partial charge in [0.15, 0.2) is 0 Å². The highest BCUT2D eigenvalue weighted by Gasteiger charge is 2.47. The molecule has 1 N–H and O–H groups in total. The molecule has 1 nitrogen and oxygen atoms in total. The molecule has 0 radical (unpaired) electrons. The van der Waals surface area contributed by atoms with E-state index in [4.69, 9.17) is 0 Å². The number of halogens is 1. The van der Waals surface area contributed by atoms with E-state index in [0.717, 1.165) is 24.3 Å². The molecular formula is C17H24BrN. The molecule has 2 aliphatic rings. The van der Waals surface area contributed by atoms with Gasteiger partial charge in [-0.1, -0.05) is 35.0 Å². The lowest BCUT2D eigenvalue weighted by molar-refractivity contribution is 0.332. The van der Waals surface area contributed by atoms with Crippen LogP contribution in [-0.4, -0.2) is 12.6 Å². The second kappa shape index (κ2) is 5.97. The summed E-state index contributed by atoms with van der Waals surface area (Å²) in [5, 5.41) is 3.81. The van der Waals surface area contributed by atoms with Crippen LogP contribution >= 0.6 is 15.9 Å². The first kappa shape index (κ1) is 13.6. The fraction of sp³-hybridized carbons (Fsp3) is 0.647. The summed E-state index contributed by atoms with van der Waals surface area (Å²) < 4.78 is 1.20. The summed E-state index contributed by atoms with van der Waals surface area (Å²) in [6.07, 6.45) is 6.88. The number of benzene rings is 1. The molecular weight excluding hydrogens is 298 g/mol. The van der Waals surface area contributed by atoms with E-state index >= 15 is 0 Å². The van der Waals surface area contributed by atoms with Crippen molar-refractivity contribution >= 4 is 15.9 Å². The molecule has 0 amide bonds. The molecule has 1 aromatic rings. The highest BCUT2D eigenvalue weighted by Crippen LogP contribution is 2.55. The van der Waals surface area contributed by atoms with Crippen LogP contribution < -0.4 is 5.32 Å². The van der Waals surface area contributed by atoms with E-state index < -0.39 is 0 Å². The molecule has 0 aromatic heterocycles. The zero-order valence-corrected chi connectivity index (χ0v) is 13.3. The maximum absolute atomic E-state index is 3.81. The summed E-state index contributed by atoms with van der Waals surface area (Å²) in [5.41, 5.74) is 1.46. The normalized spacial score (nSPS) is 30.1. The van der Waals surface area contributed by atoms with Crippen molar-refractivity contribution in [2.45, 2.75) is 45.1 Å². The van der Waals surface area contributed by atoms with Crippen molar-refractivity contribution in [1.82, 2.24) is 5.32 Å². The molecule has 3 unspecified atom stereocenters. The second-order valence-electron chi connectivity index (χ2n) is 6.38. The Bertz CT molecular complexity index is 421. The molecule has 0 aliphatic heterocycles.